The van der Waals surface area contributed by atoms with Crippen molar-refractivity contribution in [2.24, 2.45) is 0 Å². The molecular weight excluding hydrogens is 745 g/mol. The number of rotatable bonds is 39. The standard InChI is InChI=1S/C54H82O6/c1-4-7-10-13-16-19-21-23-25-26-27-29-30-32-35-38-41-44-47-53(56)59-50-51(49-58-52(55)46-43-40-37-34-18-15-12-9-6-3)60-54(57)48-45-42-39-36-33-31-28-24-22-20-17-14-11-8-5-2/h8-9,11-12,14,17-18,20-29,31,33-34,40,43,51H,4-7,10,13,15-16,19,30,32,35-39,41-42,44-50H2,1-3H3/b11-8-,12-9-,17-14-,22-20-,23-21-,26-25-,28-24-,29-27-,33-31-,34-18-,43-40-. The normalized spacial score (nSPS) is 13.3. The van der Waals surface area contributed by atoms with Gasteiger partial charge < -0.3 is 14.2 Å². The number of carbonyl (C=O) groups excluding carboxylic acids is 3. The molecule has 6 heteroatoms. The summed E-state index contributed by atoms with van der Waals surface area (Å²) in [6.45, 7) is 6.17. The molecule has 1 unspecified atom stereocenters. The molecular formula is C54H82O6. The summed E-state index contributed by atoms with van der Waals surface area (Å²) in [5, 5.41) is 0. The summed E-state index contributed by atoms with van der Waals surface area (Å²) in [7, 11) is 0. The van der Waals surface area contributed by atoms with Crippen molar-refractivity contribution in [1.82, 2.24) is 0 Å². The van der Waals surface area contributed by atoms with E-state index >= 15 is 0 Å². The maximum atomic E-state index is 12.7. The van der Waals surface area contributed by atoms with Gasteiger partial charge in [0, 0.05) is 12.8 Å². The Morgan fingerprint density at radius 3 is 1.32 bits per heavy atom. The van der Waals surface area contributed by atoms with Gasteiger partial charge in [-0.2, -0.15) is 0 Å². The summed E-state index contributed by atoms with van der Waals surface area (Å²) in [6.07, 6.45) is 66.1. The Hall–Kier alpha value is -4.45. The van der Waals surface area contributed by atoms with Gasteiger partial charge in [-0.25, -0.2) is 0 Å². The largest absolute Gasteiger partial charge is 0.462 e. The average molecular weight is 827 g/mol. The topological polar surface area (TPSA) is 78.9 Å². The lowest BCUT2D eigenvalue weighted by Crippen LogP contribution is -2.30. The van der Waals surface area contributed by atoms with E-state index in [1.54, 1.807) is 6.08 Å². The zero-order valence-corrected chi connectivity index (χ0v) is 37.9. The second kappa shape index (κ2) is 47.2. The number of carbonyl (C=O) groups is 3. The van der Waals surface area contributed by atoms with Gasteiger partial charge in [-0.15, -0.1) is 0 Å². The fraction of sp³-hybridized carbons (Fsp3) is 0.537. The number of unbranched alkanes of at least 4 members (excludes halogenated alkanes) is 13. The first-order valence-electron chi connectivity index (χ1n) is 23.3. The van der Waals surface area contributed by atoms with Gasteiger partial charge in [-0.3, -0.25) is 14.4 Å². The van der Waals surface area contributed by atoms with Gasteiger partial charge in [-0.05, 0) is 77.0 Å². The third-order valence-electron chi connectivity index (χ3n) is 9.09. The fourth-order valence-electron chi connectivity index (χ4n) is 5.64. The predicted octanol–water partition coefficient (Wildman–Crippen LogP) is 15.1. The van der Waals surface area contributed by atoms with Gasteiger partial charge in [-0.1, -0.05) is 206 Å². The van der Waals surface area contributed by atoms with Crippen LogP contribution in [0.15, 0.2) is 134 Å². The summed E-state index contributed by atoms with van der Waals surface area (Å²) >= 11 is 0. The van der Waals surface area contributed by atoms with Crippen molar-refractivity contribution >= 4 is 17.9 Å². The minimum Gasteiger partial charge on any atom is -0.462 e. The van der Waals surface area contributed by atoms with Crippen molar-refractivity contribution in [3.63, 3.8) is 0 Å². The van der Waals surface area contributed by atoms with Crippen molar-refractivity contribution in [1.29, 1.82) is 0 Å². The monoisotopic (exact) mass is 827 g/mol. The van der Waals surface area contributed by atoms with Crippen molar-refractivity contribution < 1.29 is 28.6 Å². The Morgan fingerprint density at radius 1 is 0.383 bits per heavy atom. The summed E-state index contributed by atoms with van der Waals surface area (Å²) < 4.78 is 16.5. The minimum atomic E-state index is -0.847. The van der Waals surface area contributed by atoms with Crippen LogP contribution in [-0.2, 0) is 28.6 Å². The maximum absolute atomic E-state index is 12.7. The first kappa shape index (κ1) is 55.5. The van der Waals surface area contributed by atoms with E-state index in [2.05, 4.69) is 93.7 Å². The maximum Gasteiger partial charge on any atom is 0.309 e. The lowest BCUT2D eigenvalue weighted by Gasteiger charge is -2.18. The Morgan fingerprint density at radius 2 is 0.783 bits per heavy atom. The van der Waals surface area contributed by atoms with Gasteiger partial charge >= 0.3 is 17.9 Å². The second-order valence-electron chi connectivity index (χ2n) is 14.7. The quantitative estimate of drug-likeness (QED) is 0.0202. The SMILES string of the molecule is CC\C=C/C=C\C=C/C=C\C=C/CCCCCC(=O)OC(COC(=O)C/C=C\C/C=C\C/C=C\CC)COC(=O)CCCCCCC\C=C/C=C\C=C/CCCCCCC. The third-order valence-corrected chi connectivity index (χ3v) is 9.09. The lowest BCUT2D eigenvalue weighted by molar-refractivity contribution is -0.166. The Kier molecular flexibility index (Phi) is 43.7. The number of ether oxygens (including phenoxy) is 3. The Balaban J connectivity index is 4.55. The van der Waals surface area contributed by atoms with Gasteiger partial charge in [0.05, 0.1) is 6.42 Å². The van der Waals surface area contributed by atoms with Crippen LogP contribution in [0.4, 0.5) is 0 Å². The van der Waals surface area contributed by atoms with E-state index in [0.29, 0.717) is 12.8 Å². The van der Waals surface area contributed by atoms with Gasteiger partial charge in [0.25, 0.3) is 0 Å². The zero-order chi connectivity index (χ0) is 43.7. The van der Waals surface area contributed by atoms with E-state index in [1.165, 1.54) is 32.1 Å². The molecule has 60 heavy (non-hydrogen) atoms. The molecule has 0 spiro atoms. The zero-order valence-electron chi connectivity index (χ0n) is 37.9. The van der Waals surface area contributed by atoms with Gasteiger partial charge in [0.1, 0.15) is 13.2 Å². The molecule has 0 aromatic heterocycles. The van der Waals surface area contributed by atoms with Crippen molar-refractivity contribution in [3.05, 3.63) is 134 Å². The van der Waals surface area contributed by atoms with Crippen LogP contribution >= 0.6 is 0 Å². The molecule has 0 amide bonds. The van der Waals surface area contributed by atoms with E-state index in [0.717, 1.165) is 89.9 Å². The molecule has 0 saturated heterocycles. The molecule has 0 radical (unpaired) electrons. The highest BCUT2D eigenvalue weighted by Crippen LogP contribution is 2.11. The van der Waals surface area contributed by atoms with Gasteiger partial charge in [0.15, 0.2) is 6.10 Å². The van der Waals surface area contributed by atoms with E-state index in [4.69, 9.17) is 14.2 Å². The summed E-state index contributed by atoms with van der Waals surface area (Å²) in [6, 6.07) is 0. The van der Waals surface area contributed by atoms with E-state index in [9.17, 15) is 14.4 Å². The second-order valence-corrected chi connectivity index (χ2v) is 14.7. The number of hydrogen-bond acceptors (Lipinski definition) is 6. The minimum absolute atomic E-state index is 0.115. The van der Waals surface area contributed by atoms with Crippen molar-refractivity contribution in [3.8, 4) is 0 Å². The molecule has 334 valence electrons. The first-order chi connectivity index (χ1) is 29.5. The van der Waals surface area contributed by atoms with E-state index in [1.807, 2.05) is 54.7 Å². The molecule has 1 atom stereocenters. The van der Waals surface area contributed by atoms with Gasteiger partial charge in [0.2, 0.25) is 0 Å². The van der Waals surface area contributed by atoms with Crippen LogP contribution < -0.4 is 0 Å². The molecule has 0 aromatic rings. The molecule has 0 heterocycles. The Labute approximate surface area is 366 Å². The molecule has 0 aliphatic rings. The van der Waals surface area contributed by atoms with Crippen LogP contribution in [0.1, 0.15) is 168 Å². The van der Waals surface area contributed by atoms with Crippen molar-refractivity contribution in [2.75, 3.05) is 13.2 Å². The molecule has 0 aromatic carbocycles. The van der Waals surface area contributed by atoms with Crippen LogP contribution in [0, 0.1) is 0 Å². The summed E-state index contributed by atoms with van der Waals surface area (Å²) in [5.41, 5.74) is 0. The molecule has 6 nitrogen and oxygen atoms in total. The molecule has 0 saturated carbocycles. The van der Waals surface area contributed by atoms with Crippen LogP contribution in [0.25, 0.3) is 0 Å². The molecule has 0 bridgehead atoms. The smallest absolute Gasteiger partial charge is 0.309 e. The van der Waals surface area contributed by atoms with Crippen LogP contribution in [0.5, 0.6) is 0 Å². The van der Waals surface area contributed by atoms with Crippen LogP contribution in [0.2, 0.25) is 0 Å². The van der Waals surface area contributed by atoms with Crippen LogP contribution in [0.3, 0.4) is 0 Å². The number of esters is 3. The number of hydrogen-bond donors (Lipinski definition) is 0. The Bertz CT molecular complexity index is 1370. The highest BCUT2D eigenvalue weighted by atomic mass is 16.6. The molecule has 0 aliphatic heterocycles. The molecule has 0 fully saturated rings. The van der Waals surface area contributed by atoms with E-state index in [-0.39, 0.29) is 38.0 Å². The first-order valence-corrected chi connectivity index (χ1v) is 23.3. The summed E-state index contributed by atoms with van der Waals surface area (Å²) in [5.74, 6) is -1.14. The summed E-state index contributed by atoms with van der Waals surface area (Å²) in [4.78, 5) is 37.7. The molecule has 0 aliphatic carbocycles. The highest BCUT2D eigenvalue weighted by Gasteiger charge is 2.19. The van der Waals surface area contributed by atoms with Crippen LogP contribution in [-0.4, -0.2) is 37.2 Å². The lowest BCUT2D eigenvalue weighted by atomic mass is 10.1. The predicted molar refractivity (Wildman–Crippen MR) is 256 cm³/mol. The number of allylic oxidation sites excluding steroid dienone is 21. The highest BCUT2D eigenvalue weighted by molar-refractivity contribution is 5.72. The third kappa shape index (κ3) is 44.6. The fourth-order valence-corrected chi connectivity index (χ4v) is 5.64. The molecule has 0 N–H and O–H groups in total. The van der Waals surface area contributed by atoms with Crippen molar-refractivity contribution in [2.45, 2.75) is 175 Å². The average Bonchev–Trinajstić information content (AvgIpc) is 3.24. The van der Waals surface area contributed by atoms with E-state index < -0.39 is 12.1 Å². The molecule has 0 rings (SSSR count).